The van der Waals surface area contributed by atoms with Crippen molar-refractivity contribution in [1.82, 2.24) is 21.0 Å². The van der Waals surface area contributed by atoms with Gasteiger partial charge in [-0.3, -0.25) is 24.0 Å². The lowest BCUT2D eigenvalue weighted by Crippen LogP contribution is -2.47. The summed E-state index contributed by atoms with van der Waals surface area (Å²) in [6.07, 6.45) is 12.6. The Balaban J connectivity index is 1.00. The molecule has 374 valence electrons. The number of nitrogens with zero attached hydrogens (tertiary/aromatic N) is 4. The minimum absolute atomic E-state index is 0.00953. The molecule has 3 heterocycles. The lowest BCUT2D eigenvalue weighted by Gasteiger charge is -2.27. The molecular weight excluding hydrogens is 899 g/mol. The van der Waals surface area contributed by atoms with Gasteiger partial charge in [0.2, 0.25) is 17.5 Å². The van der Waals surface area contributed by atoms with Gasteiger partial charge in [0.1, 0.15) is 24.2 Å². The zero-order valence-corrected chi connectivity index (χ0v) is 41.7. The maximum atomic E-state index is 13.5. The molecule has 15 heteroatoms. The van der Waals surface area contributed by atoms with Gasteiger partial charge in [0.15, 0.2) is 5.71 Å². The Hall–Kier alpha value is -7.34. The number of allylic oxidation sites excluding steroid dienone is 4. The minimum Gasteiger partial charge on any atom is -0.872 e. The van der Waals surface area contributed by atoms with E-state index in [4.69, 9.17) is 4.84 Å². The maximum Gasteiger partial charge on any atom is 0.333 e. The van der Waals surface area contributed by atoms with Crippen molar-refractivity contribution in [2.75, 3.05) is 31.1 Å². The van der Waals surface area contributed by atoms with Crippen molar-refractivity contribution >= 4 is 58.7 Å². The van der Waals surface area contributed by atoms with E-state index in [-0.39, 0.29) is 60.3 Å². The van der Waals surface area contributed by atoms with E-state index >= 15 is 0 Å². The predicted octanol–water partition coefficient (Wildman–Crippen LogP) is 7.23. The van der Waals surface area contributed by atoms with Gasteiger partial charge in [-0.15, -0.1) is 10.8 Å². The molecule has 1 fully saturated rings. The number of unbranched alkanes of at least 4 members (excludes halogenated alkanes) is 3. The van der Waals surface area contributed by atoms with Crippen molar-refractivity contribution in [1.29, 1.82) is 5.26 Å². The van der Waals surface area contributed by atoms with E-state index in [0.29, 0.717) is 68.7 Å². The van der Waals surface area contributed by atoms with Crippen molar-refractivity contribution in [3.8, 4) is 11.8 Å². The quantitative estimate of drug-likeness (QED) is 0.0270. The maximum absolute atomic E-state index is 13.5. The number of nitrogens with one attached hydrogen (secondary N) is 3. The van der Waals surface area contributed by atoms with Crippen LogP contribution in [-0.4, -0.2) is 83.1 Å². The number of fused-ring (bicyclic) bond motifs is 2. The van der Waals surface area contributed by atoms with Gasteiger partial charge in [-0.2, -0.15) is 9.84 Å². The second-order valence-electron chi connectivity index (χ2n) is 19.2. The van der Waals surface area contributed by atoms with Crippen LogP contribution >= 0.6 is 0 Å². The molecule has 3 aromatic carbocycles. The second kappa shape index (κ2) is 24.5. The Bertz CT molecular complexity index is 2620. The smallest absolute Gasteiger partial charge is 0.333 e. The van der Waals surface area contributed by atoms with Crippen LogP contribution < -0.4 is 26.0 Å². The van der Waals surface area contributed by atoms with Crippen molar-refractivity contribution in [3.63, 3.8) is 0 Å². The lowest BCUT2D eigenvalue weighted by atomic mass is 9.81. The highest BCUT2D eigenvalue weighted by Crippen LogP contribution is 2.48. The summed E-state index contributed by atoms with van der Waals surface area (Å²) in [5.74, 6) is -3.30. The first-order valence-electron chi connectivity index (χ1n) is 24.9. The normalized spacial score (nSPS) is 16.8. The van der Waals surface area contributed by atoms with Crippen LogP contribution in [0.2, 0.25) is 0 Å². The molecule has 3 N–H and O–H groups in total. The number of carbonyl (C=O) groups excluding carboxylic acids is 6. The van der Waals surface area contributed by atoms with E-state index in [9.17, 15) is 39.1 Å². The number of hydrogen-bond acceptors (Lipinski definition) is 10. The molecule has 0 aromatic heterocycles. The molecule has 5 amide bonds. The largest absolute Gasteiger partial charge is 0.872 e. The van der Waals surface area contributed by atoms with Gasteiger partial charge >= 0.3 is 5.97 Å². The van der Waals surface area contributed by atoms with Crippen molar-refractivity contribution in [3.05, 3.63) is 119 Å². The topological polar surface area (TPSA) is 204 Å². The Kier molecular flexibility index (Phi) is 18.3. The number of para-hydroxylation sites is 2. The molecule has 0 saturated carbocycles. The predicted molar refractivity (Wildman–Crippen MR) is 270 cm³/mol. The van der Waals surface area contributed by atoms with Crippen LogP contribution in [0.1, 0.15) is 128 Å². The third-order valence-corrected chi connectivity index (χ3v) is 13.3. The van der Waals surface area contributed by atoms with Crippen LogP contribution in [0.5, 0.6) is 5.75 Å². The van der Waals surface area contributed by atoms with Gasteiger partial charge in [-0.25, -0.2) is 4.79 Å². The number of anilines is 1. The molecule has 0 bridgehead atoms. The van der Waals surface area contributed by atoms with Crippen molar-refractivity contribution < 1.29 is 43.3 Å². The average molecular weight is 966 g/mol. The molecule has 0 radical (unpaired) electrons. The number of benzene rings is 3. The van der Waals surface area contributed by atoms with E-state index in [0.717, 1.165) is 18.7 Å². The number of nitriles is 1. The number of carbonyl (C=O) groups is 6. The highest BCUT2D eigenvalue weighted by molar-refractivity contribution is 6.04. The summed E-state index contributed by atoms with van der Waals surface area (Å²) < 4.78 is 2.44. The zero-order chi connectivity index (χ0) is 51.1. The van der Waals surface area contributed by atoms with Crippen molar-refractivity contribution in [2.45, 2.75) is 129 Å². The SMILES string of the molecule is CCC[N+]1=C(/C=C/C=C2/N(CCCC(=O)NCCCCC(NC(=O)/C(C#N)=C/c3ccc([O-])cc3)C(=O)NCCCCCC(=O)ON3C(=O)CCC3=O)c3ccccc3C2(C)C)C(C)(C)c2ccccc21. The Morgan fingerprint density at radius 1 is 0.831 bits per heavy atom. The summed E-state index contributed by atoms with van der Waals surface area (Å²) in [5.41, 5.74) is 7.25. The molecule has 3 aromatic rings. The molecular formula is C56H67N7O8. The van der Waals surface area contributed by atoms with E-state index < -0.39 is 35.6 Å². The molecule has 0 spiro atoms. The summed E-state index contributed by atoms with van der Waals surface area (Å²) in [4.78, 5) is 82.8. The van der Waals surface area contributed by atoms with E-state index in [2.05, 4.69) is 127 Å². The van der Waals surface area contributed by atoms with E-state index in [1.54, 1.807) is 0 Å². The lowest BCUT2D eigenvalue weighted by molar-refractivity contribution is -0.437. The number of rotatable bonds is 24. The second-order valence-corrected chi connectivity index (χ2v) is 19.2. The fraction of sp³-hybridized carbons (Fsp3) is 0.429. The van der Waals surface area contributed by atoms with Crippen LogP contribution in [0, 0.1) is 11.3 Å². The Labute approximate surface area is 417 Å². The summed E-state index contributed by atoms with van der Waals surface area (Å²) in [5, 5.41) is 30.4. The molecule has 3 aliphatic rings. The first-order chi connectivity index (χ1) is 34.1. The Morgan fingerprint density at radius 3 is 2.23 bits per heavy atom. The third-order valence-electron chi connectivity index (χ3n) is 13.3. The molecule has 6 rings (SSSR count). The van der Waals surface area contributed by atoms with Gasteiger partial charge in [0.05, 0.1) is 5.41 Å². The van der Waals surface area contributed by atoms with Gasteiger partial charge < -0.3 is 30.8 Å². The number of hydroxylamine groups is 2. The molecule has 1 atom stereocenters. The fourth-order valence-electron chi connectivity index (χ4n) is 9.50. The third kappa shape index (κ3) is 13.3. The zero-order valence-electron chi connectivity index (χ0n) is 41.7. The fourth-order valence-corrected chi connectivity index (χ4v) is 9.50. The van der Waals surface area contributed by atoms with Crippen LogP contribution in [0.3, 0.4) is 0 Å². The van der Waals surface area contributed by atoms with Gasteiger partial charge in [0, 0.05) is 86.2 Å². The summed E-state index contributed by atoms with van der Waals surface area (Å²) >= 11 is 0. The highest BCUT2D eigenvalue weighted by atomic mass is 16.7. The molecule has 3 aliphatic heterocycles. The highest BCUT2D eigenvalue weighted by Gasteiger charge is 2.44. The van der Waals surface area contributed by atoms with Crippen LogP contribution in [0.4, 0.5) is 11.4 Å². The molecule has 1 unspecified atom stereocenters. The Morgan fingerprint density at radius 2 is 1.51 bits per heavy atom. The standard InChI is InChI=1S/C56H67N7O8/c1-6-35-61-45-21-11-9-18-42(45)55(2,3)47(61)23-16-24-48-56(4,5)43-19-10-12-22-46(43)62(48)36-17-25-49(65)58-33-15-13-20-44(60-53(69)40(38-57)37-39-27-29-41(64)30-28-39)54(70)59-34-14-7-8-26-52(68)71-63-50(66)31-32-51(63)67/h9-12,16,18-19,21-24,27-30,37,44H,6-8,13-15,17,20,25-26,31-36H2,1-5H3,(H3-,58,59,60,64,65,69,70). The van der Waals surface area contributed by atoms with Gasteiger partial charge in [0.25, 0.3) is 17.7 Å². The molecule has 1 saturated heterocycles. The van der Waals surface area contributed by atoms with Crippen LogP contribution in [0.15, 0.2) is 102 Å². The summed E-state index contributed by atoms with van der Waals surface area (Å²) in [6, 6.07) is 23.6. The first-order valence-corrected chi connectivity index (χ1v) is 24.9. The van der Waals surface area contributed by atoms with E-state index in [1.165, 1.54) is 58.6 Å². The molecule has 0 aliphatic carbocycles. The summed E-state index contributed by atoms with van der Waals surface area (Å²) in [6.45, 7) is 13.5. The monoisotopic (exact) mass is 966 g/mol. The van der Waals surface area contributed by atoms with Crippen molar-refractivity contribution in [2.24, 2.45) is 0 Å². The summed E-state index contributed by atoms with van der Waals surface area (Å²) in [7, 11) is 0. The number of hydrogen-bond donors (Lipinski definition) is 3. The van der Waals surface area contributed by atoms with Crippen LogP contribution in [-0.2, 0) is 44.4 Å². The van der Waals surface area contributed by atoms with E-state index in [1.807, 2.05) is 6.07 Å². The molecule has 71 heavy (non-hydrogen) atoms. The van der Waals surface area contributed by atoms with Crippen LogP contribution in [0.25, 0.3) is 6.08 Å². The number of amides is 5. The molecule has 15 nitrogen and oxygen atoms in total. The average Bonchev–Trinajstić information content (AvgIpc) is 3.86. The van der Waals surface area contributed by atoms with Gasteiger partial charge in [-0.1, -0.05) is 93.9 Å². The minimum atomic E-state index is -0.996. The number of imide groups is 1. The van der Waals surface area contributed by atoms with Gasteiger partial charge in [-0.05, 0) is 81.7 Å². The first kappa shape index (κ1) is 53.0.